The van der Waals surface area contributed by atoms with E-state index in [2.05, 4.69) is 24.8 Å². The molecule has 0 saturated carbocycles. The molecule has 9 heteroatoms. The van der Waals surface area contributed by atoms with Crippen molar-refractivity contribution in [2.45, 2.75) is 52.0 Å². The van der Waals surface area contributed by atoms with Gasteiger partial charge in [-0.05, 0) is 50.8 Å². The van der Waals surface area contributed by atoms with Gasteiger partial charge < -0.3 is 19.5 Å². The summed E-state index contributed by atoms with van der Waals surface area (Å²) in [7, 11) is 0. The number of rotatable bonds is 5. The summed E-state index contributed by atoms with van der Waals surface area (Å²) in [5, 5.41) is 2.98. The molecule has 0 unspecified atom stereocenters. The van der Waals surface area contributed by atoms with E-state index < -0.39 is 5.97 Å². The van der Waals surface area contributed by atoms with Gasteiger partial charge in [0.1, 0.15) is 12.2 Å². The monoisotopic (exact) mass is 462 g/mol. The second-order valence-electron chi connectivity index (χ2n) is 8.94. The number of piperidine rings is 1. The summed E-state index contributed by atoms with van der Waals surface area (Å²) in [4.78, 5) is 41.3. The van der Waals surface area contributed by atoms with Crippen molar-refractivity contribution < 1.29 is 14.3 Å². The van der Waals surface area contributed by atoms with Crippen molar-refractivity contribution in [2.75, 3.05) is 29.9 Å². The molecule has 1 saturated heterocycles. The molecule has 2 aliphatic heterocycles. The number of esters is 1. The van der Waals surface area contributed by atoms with Crippen LogP contribution < -0.4 is 10.2 Å². The third kappa shape index (κ3) is 4.47. The molecule has 0 bridgehead atoms. The normalized spacial score (nSPS) is 18.3. The lowest BCUT2D eigenvalue weighted by Gasteiger charge is -2.32. The average molecular weight is 463 g/mol. The number of nitrogens with one attached hydrogen (secondary N) is 1. The number of ether oxygens (including phenoxy) is 1. The highest BCUT2D eigenvalue weighted by molar-refractivity contribution is 5.96. The van der Waals surface area contributed by atoms with Gasteiger partial charge in [0.05, 0.1) is 18.1 Å². The van der Waals surface area contributed by atoms with E-state index in [1.54, 1.807) is 37.5 Å². The van der Waals surface area contributed by atoms with Gasteiger partial charge in [0.15, 0.2) is 17.0 Å². The molecule has 0 spiro atoms. The minimum absolute atomic E-state index is 0.0587. The largest absolute Gasteiger partial charge is 0.462 e. The number of aromatic nitrogens is 4. The number of anilines is 2. The van der Waals surface area contributed by atoms with Gasteiger partial charge in [-0.3, -0.25) is 4.79 Å². The van der Waals surface area contributed by atoms with Crippen molar-refractivity contribution in [1.29, 1.82) is 0 Å². The third-order valence-corrected chi connectivity index (χ3v) is 6.61. The quantitative estimate of drug-likeness (QED) is 0.578. The van der Waals surface area contributed by atoms with Crippen LogP contribution in [-0.4, -0.2) is 51.1 Å². The number of amides is 1. The van der Waals surface area contributed by atoms with Crippen LogP contribution in [0.2, 0.25) is 0 Å². The third-order valence-electron chi connectivity index (χ3n) is 6.61. The second kappa shape index (κ2) is 9.79. The van der Waals surface area contributed by atoms with Crippen molar-refractivity contribution in [3.8, 4) is 0 Å². The summed E-state index contributed by atoms with van der Waals surface area (Å²) in [6.07, 6.45) is 7.77. The van der Waals surface area contributed by atoms with Crippen LogP contribution in [0.15, 0.2) is 30.6 Å². The maximum Gasteiger partial charge on any atom is 0.338 e. The van der Waals surface area contributed by atoms with E-state index in [9.17, 15) is 9.59 Å². The highest BCUT2D eigenvalue weighted by Gasteiger charge is 2.29. The van der Waals surface area contributed by atoms with Crippen LogP contribution in [0.1, 0.15) is 55.2 Å². The van der Waals surface area contributed by atoms with E-state index in [-0.39, 0.29) is 11.8 Å². The second-order valence-corrected chi connectivity index (χ2v) is 8.94. The Balaban J connectivity index is 1.33. The van der Waals surface area contributed by atoms with E-state index >= 15 is 0 Å². The van der Waals surface area contributed by atoms with Gasteiger partial charge in [-0.1, -0.05) is 12.5 Å². The van der Waals surface area contributed by atoms with Gasteiger partial charge in [-0.15, -0.1) is 0 Å². The SMILES string of the molecule is CCOC(=O)c1cccc(NC(=O)[C@H]2CCCN(c3ncnc4c3nc3n4CCCCC3)C2)c1. The molecule has 34 heavy (non-hydrogen) atoms. The zero-order chi connectivity index (χ0) is 23.5. The van der Waals surface area contributed by atoms with E-state index in [0.29, 0.717) is 24.4 Å². The summed E-state index contributed by atoms with van der Waals surface area (Å²) in [6, 6.07) is 6.87. The summed E-state index contributed by atoms with van der Waals surface area (Å²) < 4.78 is 7.30. The Morgan fingerprint density at radius 1 is 1.15 bits per heavy atom. The molecular formula is C25H30N6O3. The van der Waals surface area contributed by atoms with Gasteiger partial charge >= 0.3 is 5.97 Å². The minimum atomic E-state index is -0.395. The van der Waals surface area contributed by atoms with Crippen molar-refractivity contribution in [1.82, 2.24) is 19.5 Å². The van der Waals surface area contributed by atoms with Crippen LogP contribution in [0, 0.1) is 5.92 Å². The Kier molecular flexibility index (Phi) is 6.42. The molecular weight excluding hydrogens is 432 g/mol. The number of fused-ring (bicyclic) bond motifs is 3. The highest BCUT2D eigenvalue weighted by Crippen LogP contribution is 2.30. The Morgan fingerprint density at radius 2 is 2.06 bits per heavy atom. The molecule has 1 N–H and O–H groups in total. The van der Waals surface area contributed by atoms with Crippen molar-refractivity contribution in [3.63, 3.8) is 0 Å². The Labute approximate surface area is 198 Å². The first-order valence-corrected chi connectivity index (χ1v) is 12.2. The van der Waals surface area contributed by atoms with Gasteiger partial charge in [0.2, 0.25) is 5.91 Å². The topological polar surface area (TPSA) is 102 Å². The molecule has 178 valence electrons. The molecule has 0 aliphatic carbocycles. The molecule has 9 nitrogen and oxygen atoms in total. The maximum absolute atomic E-state index is 13.1. The first-order valence-electron chi connectivity index (χ1n) is 12.2. The maximum atomic E-state index is 13.1. The fraction of sp³-hybridized carbons (Fsp3) is 0.480. The molecule has 3 aromatic rings. The fourth-order valence-corrected chi connectivity index (χ4v) is 4.92. The lowest BCUT2D eigenvalue weighted by atomic mass is 9.97. The van der Waals surface area contributed by atoms with E-state index in [4.69, 9.17) is 9.72 Å². The first-order chi connectivity index (χ1) is 16.6. The van der Waals surface area contributed by atoms with E-state index in [0.717, 1.165) is 68.0 Å². The summed E-state index contributed by atoms with van der Waals surface area (Å²) in [5.41, 5.74) is 2.75. The Hall–Kier alpha value is -3.49. The van der Waals surface area contributed by atoms with Gasteiger partial charge in [0.25, 0.3) is 0 Å². The predicted molar refractivity (Wildman–Crippen MR) is 129 cm³/mol. The summed E-state index contributed by atoms with van der Waals surface area (Å²) >= 11 is 0. The molecule has 5 rings (SSSR count). The minimum Gasteiger partial charge on any atom is -0.462 e. The number of hydrogen-bond donors (Lipinski definition) is 1. The molecule has 1 atom stereocenters. The van der Waals surface area contributed by atoms with Gasteiger partial charge in [-0.2, -0.15) is 0 Å². The molecule has 0 radical (unpaired) electrons. The molecule has 2 aromatic heterocycles. The molecule has 1 amide bonds. The molecule has 1 aromatic carbocycles. The van der Waals surface area contributed by atoms with Gasteiger partial charge in [-0.25, -0.2) is 19.7 Å². The Morgan fingerprint density at radius 3 is 2.94 bits per heavy atom. The van der Waals surface area contributed by atoms with Crippen LogP contribution in [0.5, 0.6) is 0 Å². The fourth-order valence-electron chi connectivity index (χ4n) is 4.92. The van der Waals surface area contributed by atoms with Crippen LogP contribution in [0.25, 0.3) is 11.2 Å². The van der Waals surface area contributed by atoms with Crippen molar-refractivity contribution in [3.05, 3.63) is 42.0 Å². The van der Waals surface area contributed by atoms with Gasteiger partial charge in [0, 0.05) is 31.7 Å². The average Bonchev–Trinajstić information content (AvgIpc) is 3.05. The standard InChI is InChI=1S/C25H30N6O3/c1-2-34-25(33)17-8-6-10-19(14-17)28-24(32)18-9-7-12-30(15-18)22-21-23(27-16-26-22)31-13-5-3-4-11-20(31)29-21/h6,8,10,14,16,18H,2-5,7,9,11-13,15H2,1H3,(H,28,32)/t18-/m0/s1. The number of aryl methyl sites for hydroxylation is 2. The number of benzene rings is 1. The lowest BCUT2D eigenvalue weighted by molar-refractivity contribution is -0.120. The summed E-state index contributed by atoms with van der Waals surface area (Å²) in [5.74, 6) is 1.25. The smallest absolute Gasteiger partial charge is 0.338 e. The number of carbonyl (C=O) groups is 2. The number of imidazole rings is 1. The first kappa shape index (κ1) is 22.3. The van der Waals surface area contributed by atoms with Crippen molar-refractivity contribution >= 4 is 34.5 Å². The molecule has 2 aliphatic rings. The van der Waals surface area contributed by atoms with Crippen LogP contribution >= 0.6 is 0 Å². The predicted octanol–water partition coefficient (Wildman–Crippen LogP) is 3.58. The van der Waals surface area contributed by atoms with E-state index in [1.165, 1.54) is 6.42 Å². The highest BCUT2D eigenvalue weighted by atomic mass is 16.5. The lowest BCUT2D eigenvalue weighted by Crippen LogP contribution is -2.41. The zero-order valence-electron chi connectivity index (χ0n) is 19.5. The number of nitrogens with zero attached hydrogens (tertiary/aromatic N) is 5. The number of hydrogen-bond acceptors (Lipinski definition) is 7. The Bertz CT molecular complexity index is 1210. The van der Waals surface area contributed by atoms with Crippen molar-refractivity contribution in [2.24, 2.45) is 5.92 Å². The van der Waals surface area contributed by atoms with Crippen LogP contribution in [0.3, 0.4) is 0 Å². The number of carbonyl (C=O) groups excluding carboxylic acids is 2. The zero-order valence-corrected chi connectivity index (χ0v) is 19.5. The van der Waals surface area contributed by atoms with Crippen LogP contribution in [-0.2, 0) is 22.5 Å². The molecule has 1 fully saturated rings. The summed E-state index contributed by atoms with van der Waals surface area (Å²) in [6.45, 7) is 4.42. The van der Waals surface area contributed by atoms with E-state index in [1.807, 2.05) is 0 Å². The van der Waals surface area contributed by atoms with Crippen LogP contribution in [0.4, 0.5) is 11.5 Å². The molecule has 4 heterocycles.